The fourth-order valence-electron chi connectivity index (χ4n) is 1.43. The summed E-state index contributed by atoms with van der Waals surface area (Å²) in [5.74, 6) is 0.229. The highest BCUT2D eigenvalue weighted by atomic mass is 79.9. The molecule has 1 aromatic carbocycles. The van der Waals surface area contributed by atoms with Crippen molar-refractivity contribution in [2.75, 3.05) is 0 Å². The molecule has 19 heavy (non-hydrogen) atoms. The van der Waals surface area contributed by atoms with Gasteiger partial charge in [-0.15, -0.1) is 0 Å². The molecule has 0 spiro atoms. The zero-order valence-electron chi connectivity index (χ0n) is 9.63. The van der Waals surface area contributed by atoms with Crippen LogP contribution < -0.4 is 4.74 Å². The Kier molecular flexibility index (Phi) is 3.96. The van der Waals surface area contributed by atoms with Gasteiger partial charge in [0.1, 0.15) is 11.4 Å². The van der Waals surface area contributed by atoms with E-state index in [2.05, 4.69) is 25.9 Å². The zero-order chi connectivity index (χ0) is 14.0. The van der Waals surface area contributed by atoms with Crippen molar-refractivity contribution < 1.29 is 9.66 Å². The Labute approximate surface area is 121 Å². The lowest BCUT2D eigenvalue weighted by Gasteiger charge is -2.07. The Morgan fingerprint density at radius 3 is 2.79 bits per heavy atom. The minimum atomic E-state index is -0.598. The van der Waals surface area contributed by atoms with Crippen molar-refractivity contribution in [1.82, 2.24) is 9.97 Å². The van der Waals surface area contributed by atoms with Crippen LogP contribution in [0.1, 0.15) is 5.69 Å². The number of hydrogen-bond donors (Lipinski definition) is 0. The van der Waals surface area contributed by atoms with Gasteiger partial charge < -0.3 is 4.74 Å². The molecule has 0 unspecified atom stereocenters. The minimum Gasteiger partial charge on any atom is -0.434 e. The first-order valence-corrected chi connectivity index (χ1v) is 6.26. The van der Waals surface area contributed by atoms with E-state index in [0.29, 0.717) is 5.75 Å². The highest BCUT2D eigenvalue weighted by Gasteiger charge is 2.23. The van der Waals surface area contributed by atoms with Crippen LogP contribution in [0.3, 0.4) is 0 Å². The van der Waals surface area contributed by atoms with Crippen LogP contribution in [0.5, 0.6) is 11.6 Å². The Balaban J connectivity index is 2.47. The molecule has 0 N–H and O–H groups in total. The molecule has 2 aromatic rings. The highest BCUT2D eigenvalue weighted by molar-refractivity contribution is 9.10. The molecule has 0 bridgehead atoms. The summed E-state index contributed by atoms with van der Waals surface area (Å²) in [6, 6.07) is 6.86. The Hall–Kier alpha value is -1.73. The van der Waals surface area contributed by atoms with Crippen LogP contribution in [0, 0.1) is 17.0 Å². The molecule has 1 aromatic heterocycles. The number of rotatable bonds is 3. The summed E-state index contributed by atoms with van der Waals surface area (Å²) < 4.78 is 6.19. The minimum absolute atomic E-state index is 0.104. The van der Waals surface area contributed by atoms with E-state index in [9.17, 15) is 10.1 Å². The second-order valence-electron chi connectivity index (χ2n) is 3.55. The van der Waals surface area contributed by atoms with Crippen molar-refractivity contribution in [1.29, 1.82) is 0 Å². The third-order valence-electron chi connectivity index (χ3n) is 2.19. The maximum absolute atomic E-state index is 11.0. The first-order valence-electron chi connectivity index (χ1n) is 5.09. The first kappa shape index (κ1) is 13.7. The standard InChI is InChI=1S/C11H7BrClN3O3/c1-6-9(16(17)18)10(15-11(13)14-6)19-8-4-2-3-7(12)5-8/h2-5H,1H3. The number of nitrogens with zero attached hydrogens (tertiary/aromatic N) is 3. The van der Waals surface area contributed by atoms with E-state index in [1.807, 2.05) is 0 Å². The van der Waals surface area contributed by atoms with Gasteiger partial charge in [-0.1, -0.05) is 22.0 Å². The van der Waals surface area contributed by atoms with Crippen LogP contribution in [0.4, 0.5) is 5.69 Å². The molecule has 0 atom stereocenters. The zero-order valence-corrected chi connectivity index (χ0v) is 12.0. The van der Waals surface area contributed by atoms with E-state index in [-0.39, 0.29) is 22.5 Å². The van der Waals surface area contributed by atoms with Gasteiger partial charge in [0.05, 0.1) is 4.92 Å². The fraction of sp³-hybridized carbons (Fsp3) is 0.0909. The van der Waals surface area contributed by atoms with E-state index in [4.69, 9.17) is 16.3 Å². The maximum Gasteiger partial charge on any atom is 0.352 e. The first-order chi connectivity index (χ1) is 8.97. The van der Waals surface area contributed by atoms with Gasteiger partial charge in [-0.3, -0.25) is 10.1 Å². The predicted molar refractivity (Wildman–Crippen MR) is 72.6 cm³/mol. The molecule has 8 heteroatoms. The summed E-state index contributed by atoms with van der Waals surface area (Å²) in [6.07, 6.45) is 0. The largest absolute Gasteiger partial charge is 0.434 e. The van der Waals surface area contributed by atoms with Gasteiger partial charge in [0.15, 0.2) is 0 Å². The molecule has 0 radical (unpaired) electrons. The monoisotopic (exact) mass is 343 g/mol. The van der Waals surface area contributed by atoms with Gasteiger partial charge >= 0.3 is 11.6 Å². The van der Waals surface area contributed by atoms with Crippen molar-refractivity contribution in [2.45, 2.75) is 6.92 Å². The normalized spacial score (nSPS) is 10.3. The average Bonchev–Trinajstić information content (AvgIpc) is 2.26. The van der Waals surface area contributed by atoms with Crippen LogP contribution >= 0.6 is 27.5 Å². The number of benzene rings is 1. The molecule has 0 fully saturated rings. The summed E-state index contributed by atoms with van der Waals surface area (Å²) in [5.41, 5.74) is -0.153. The van der Waals surface area contributed by atoms with Crippen molar-refractivity contribution in [2.24, 2.45) is 0 Å². The molecule has 2 rings (SSSR count). The van der Waals surface area contributed by atoms with Gasteiger partial charge in [0, 0.05) is 4.47 Å². The smallest absolute Gasteiger partial charge is 0.352 e. The second kappa shape index (κ2) is 5.50. The van der Waals surface area contributed by atoms with Crippen LogP contribution in [0.15, 0.2) is 28.7 Å². The number of ether oxygens (including phenoxy) is 1. The Morgan fingerprint density at radius 1 is 1.42 bits per heavy atom. The molecule has 0 aliphatic carbocycles. The lowest BCUT2D eigenvalue weighted by atomic mass is 10.3. The van der Waals surface area contributed by atoms with Crippen molar-refractivity contribution in [3.05, 3.63) is 49.8 Å². The van der Waals surface area contributed by atoms with Gasteiger partial charge in [0.2, 0.25) is 5.28 Å². The van der Waals surface area contributed by atoms with Crippen molar-refractivity contribution in [3.63, 3.8) is 0 Å². The van der Waals surface area contributed by atoms with Crippen molar-refractivity contribution >= 4 is 33.2 Å². The summed E-state index contributed by atoms with van der Waals surface area (Å²) in [6.45, 7) is 1.47. The Morgan fingerprint density at radius 2 is 2.16 bits per heavy atom. The van der Waals surface area contributed by atoms with E-state index in [1.165, 1.54) is 6.92 Å². The number of aryl methyl sites for hydroxylation is 1. The topological polar surface area (TPSA) is 78.2 Å². The van der Waals surface area contributed by atoms with Crippen molar-refractivity contribution in [3.8, 4) is 11.6 Å². The molecule has 0 saturated heterocycles. The highest BCUT2D eigenvalue weighted by Crippen LogP contribution is 2.33. The van der Waals surface area contributed by atoms with E-state index < -0.39 is 4.92 Å². The molecular formula is C11H7BrClN3O3. The molecule has 0 aliphatic rings. The average molecular weight is 345 g/mol. The summed E-state index contributed by atoms with van der Waals surface area (Å²) >= 11 is 8.97. The van der Waals surface area contributed by atoms with Crippen LogP contribution in [0.25, 0.3) is 0 Å². The lowest BCUT2D eigenvalue weighted by Crippen LogP contribution is -2.01. The van der Waals surface area contributed by atoms with Crippen LogP contribution in [-0.2, 0) is 0 Å². The number of halogens is 2. The SMILES string of the molecule is Cc1nc(Cl)nc(Oc2cccc(Br)c2)c1[N+](=O)[O-]. The summed E-state index contributed by atoms with van der Waals surface area (Å²) in [7, 11) is 0. The molecule has 6 nitrogen and oxygen atoms in total. The second-order valence-corrected chi connectivity index (χ2v) is 4.80. The quantitative estimate of drug-likeness (QED) is 0.479. The number of aromatic nitrogens is 2. The van der Waals surface area contributed by atoms with E-state index >= 15 is 0 Å². The van der Waals surface area contributed by atoms with Gasteiger partial charge in [-0.2, -0.15) is 4.98 Å². The number of nitro groups is 1. The molecule has 0 saturated carbocycles. The summed E-state index contributed by atoms with van der Waals surface area (Å²) in [5, 5.41) is 10.9. The van der Waals surface area contributed by atoms with E-state index in [0.717, 1.165) is 4.47 Å². The molecular weight excluding hydrogens is 337 g/mol. The fourth-order valence-corrected chi connectivity index (χ4v) is 2.01. The van der Waals surface area contributed by atoms with Gasteiger partial charge in [-0.05, 0) is 36.7 Å². The third-order valence-corrected chi connectivity index (χ3v) is 2.85. The van der Waals surface area contributed by atoms with Crippen LogP contribution in [-0.4, -0.2) is 14.9 Å². The predicted octanol–water partition coefficient (Wildman–Crippen LogP) is 3.90. The third kappa shape index (κ3) is 3.18. The van der Waals surface area contributed by atoms with E-state index in [1.54, 1.807) is 24.3 Å². The number of hydrogen-bond acceptors (Lipinski definition) is 5. The molecule has 98 valence electrons. The molecule has 0 aliphatic heterocycles. The molecule has 1 heterocycles. The van der Waals surface area contributed by atoms with Crippen LogP contribution in [0.2, 0.25) is 5.28 Å². The maximum atomic E-state index is 11.0. The Bertz CT molecular complexity index is 651. The molecule has 0 amide bonds. The lowest BCUT2D eigenvalue weighted by molar-refractivity contribution is -0.386. The van der Waals surface area contributed by atoms with Gasteiger partial charge in [0.25, 0.3) is 0 Å². The summed E-state index contributed by atoms with van der Waals surface area (Å²) in [4.78, 5) is 17.9. The van der Waals surface area contributed by atoms with Gasteiger partial charge in [-0.25, -0.2) is 4.98 Å².